The first-order valence-electron chi connectivity index (χ1n) is 4.50. The van der Waals surface area contributed by atoms with E-state index in [-0.39, 0.29) is 6.04 Å². The summed E-state index contributed by atoms with van der Waals surface area (Å²) in [5.74, 6) is 0. The molecular weight excluding hydrogens is 244 g/mol. The van der Waals surface area contributed by atoms with Crippen molar-refractivity contribution in [3.05, 3.63) is 34.3 Å². The van der Waals surface area contributed by atoms with Gasteiger partial charge in [0.25, 0.3) is 0 Å². The Kier molecular flexibility index (Phi) is 5.11. The summed E-state index contributed by atoms with van der Waals surface area (Å²) in [6.45, 7) is 1.55. The van der Waals surface area contributed by atoms with Crippen molar-refractivity contribution in [3.63, 3.8) is 0 Å². The van der Waals surface area contributed by atoms with Crippen LogP contribution in [0.4, 0.5) is 0 Å². The molecule has 1 unspecified atom stereocenters. The Balaban J connectivity index is 2.28. The molecule has 3 nitrogen and oxygen atoms in total. The summed E-state index contributed by atoms with van der Waals surface area (Å²) in [6, 6.07) is 7.93. The molecule has 0 aromatic heterocycles. The van der Waals surface area contributed by atoms with Gasteiger partial charge in [-0.1, -0.05) is 28.1 Å². The molecule has 1 aromatic rings. The number of rotatable bonds is 5. The fourth-order valence-electron chi connectivity index (χ4n) is 0.977. The molecule has 0 saturated carbocycles. The largest absolute Gasteiger partial charge is 0.375 e. The van der Waals surface area contributed by atoms with Crippen LogP contribution in [0.5, 0.6) is 0 Å². The number of hydrogen-bond acceptors (Lipinski definition) is 3. The van der Waals surface area contributed by atoms with Crippen LogP contribution in [0.3, 0.4) is 0 Å². The minimum absolute atomic E-state index is 0.0644. The number of benzene rings is 1. The molecular formula is C10H15BrN2O. The summed E-state index contributed by atoms with van der Waals surface area (Å²) in [5.41, 5.74) is 12.1. The second-order valence-electron chi connectivity index (χ2n) is 3.14. The summed E-state index contributed by atoms with van der Waals surface area (Å²) in [5, 5.41) is 0. The van der Waals surface area contributed by atoms with E-state index in [1.165, 1.54) is 0 Å². The lowest BCUT2D eigenvalue weighted by Crippen LogP contribution is -2.34. The van der Waals surface area contributed by atoms with E-state index in [2.05, 4.69) is 15.9 Å². The summed E-state index contributed by atoms with van der Waals surface area (Å²) >= 11 is 3.37. The standard InChI is InChI=1S/C10H15BrN2O/c11-9-3-1-8(2-4-9)6-14-7-10(13)5-12/h1-4,10H,5-7,12-13H2. The van der Waals surface area contributed by atoms with Crippen LogP contribution in [0.1, 0.15) is 5.56 Å². The Morgan fingerprint density at radius 2 is 1.93 bits per heavy atom. The Hall–Kier alpha value is -0.420. The smallest absolute Gasteiger partial charge is 0.0717 e. The topological polar surface area (TPSA) is 61.3 Å². The fraction of sp³-hybridized carbons (Fsp3) is 0.400. The maximum absolute atomic E-state index is 5.60. The van der Waals surface area contributed by atoms with Crippen molar-refractivity contribution in [2.24, 2.45) is 11.5 Å². The maximum atomic E-state index is 5.60. The number of nitrogens with two attached hydrogens (primary N) is 2. The molecule has 1 rings (SSSR count). The van der Waals surface area contributed by atoms with Gasteiger partial charge in [0, 0.05) is 17.1 Å². The fourth-order valence-corrected chi connectivity index (χ4v) is 1.24. The number of hydrogen-bond donors (Lipinski definition) is 2. The van der Waals surface area contributed by atoms with Gasteiger partial charge in [-0.05, 0) is 17.7 Å². The first-order chi connectivity index (χ1) is 6.72. The van der Waals surface area contributed by atoms with E-state index >= 15 is 0 Å². The van der Waals surface area contributed by atoms with Gasteiger partial charge in [-0.15, -0.1) is 0 Å². The molecule has 0 fully saturated rings. The van der Waals surface area contributed by atoms with Crippen LogP contribution in [0.15, 0.2) is 28.7 Å². The first kappa shape index (κ1) is 11.7. The quantitative estimate of drug-likeness (QED) is 0.836. The molecule has 0 saturated heterocycles. The van der Waals surface area contributed by atoms with Gasteiger partial charge in [0.05, 0.1) is 13.2 Å². The molecule has 0 amide bonds. The molecule has 0 aliphatic rings. The molecule has 0 radical (unpaired) electrons. The van der Waals surface area contributed by atoms with Crippen molar-refractivity contribution in [2.45, 2.75) is 12.6 Å². The van der Waals surface area contributed by atoms with Gasteiger partial charge in [0.15, 0.2) is 0 Å². The van der Waals surface area contributed by atoms with Crippen molar-refractivity contribution >= 4 is 15.9 Å². The number of ether oxygens (including phenoxy) is 1. The zero-order valence-electron chi connectivity index (χ0n) is 7.95. The van der Waals surface area contributed by atoms with Gasteiger partial charge in [-0.25, -0.2) is 0 Å². The molecule has 0 heterocycles. The second kappa shape index (κ2) is 6.14. The minimum atomic E-state index is -0.0644. The van der Waals surface area contributed by atoms with Gasteiger partial charge in [-0.3, -0.25) is 0 Å². The summed E-state index contributed by atoms with van der Waals surface area (Å²) in [6.07, 6.45) is 0. The van der Waals surface area contributed by atoms with Crippen LogP contribution >= 0.6 is 15.9 Å². The normalized spacial score (nSPS) is 12.8. The van der Waals surface area contributed by atoms with Gasteiger partial charge >= 0.3 is 0 Å². The molecule has 0 spiro atoms. The van der Waals surface area contributed by atoms with E-state index < -0.39 is 0 Å². The van der Waals surface area contributed by atoms with E-state index in [0.29, 0.717) is 19.8 Å². The Labute approximate surface area is 92.6 Å². The van der Waals surface area contributed by atoms with Crippen LogP contribution in [0.2, 0.25) is 0 Å². The van der Waals surface area contributed by atoms with E-state index in [0.717, 1.165) is 10.0 Å². The van der Waals surface area contributed by atoms with Crippen LogP contribution in [-0.4, -0.2) is 19.2 Å². The maximum Gasteiger partial charge on any atom is 0.0717 e. The summed E-state index contributed by atoms with van der Waals surface area (Å²) < 4.78 is 6.46. The molecule has 0 aliphatic heterocycles. The lowest BCUT2D eigenvalue weighted by molar-refractivity contribution is 0.109. The third-order valence-corrected chi connectivity index (χ3v) is 2.35. The van der Waals surface area contributed by atoms with Crippen molar-refractivity contribution in [1.29, 1.82) is 0 Å². The third kappa shape index (κ3) is 4.19. The summed E-state index contributed by atoms with van der Waals surface area (Å²) in [4.78, 5) is 0. The predicted molar refractivity (Wildman–Crippen MR) is 60.8 cm³/mol. The Bertz CT molecular complexity index is 263. The second-order valence-corrected chi connectivity index (χ2v) is 4.05. The highest BCUT2D eigenvalue weighted by molar-refractivity contribution is 9.10. The summed E-state index contributed by atoms with van der Waals surface area (Å²) in [7, 11) is 0. The molecule has 78 valence electrons. The van der Waals surface area contributed by atoms with Crippen molar-refractivity contribution < 1.29 is 4.74 Å². The predicted octanol–water partition coefficient (Wildman–Crippen LogP) is 1.25. The Morgan fingerprint density at radius 1 is 1.29 bits per heavy atom. The van der Waals surface area contributed by atoms with Crippen molar-refractivity contribution in [1.82, 2.24) is 0 Å². The molecule has 0 bridgehead atoms. The zero-order valence-corrected chi connectivity index (χ0v) is 9.53. The highest BCUT2D eigenvalue weighted by Gasteiger charge is 1.99. The molecule has 1 atom stereocenters. The van der Waals surface area contributed by atoms with Crippen molar-refractivity contribution in [2.75, 3.05) is 13.2 Å². The average Bonchev–Trinajstić information content (AvgIpc) is 2.21. The molecule has 1 aromatic carbocycles. The van der Waals surface area contributed by atoms with Gasteiger partial charge in [0.2, 0.25) is 0 Å². The SMILES string of the molecule is NCC(N)COCc1ccc(Br)cc1. The van der Waals surface area contributed by atoms with Crippen LogP contribution in [0, 0.1) is 0 Å². The van der Waals surface area contributed by atoms with Crippen molar-refractivity contribution in [3.8, 4) is 0 Å². The average molecular weight is 259 g/mol. The first-order valence-corrected chi connectivity index (χ1v) is 5.29. The lowest BCUT2D eigenvalue weighted by Gasteiger charge is -2.09. The third-order valence-electron chi connectivity index (χ3n) is 1.82. The highest BCUT2D eigenvalue weighted by Crippen LogP contribution is 2.10. The molecule has 14 heavy (non-hydrogen) atoms. The van der Waals surface area contributed by atoms with E-state index in [1.54, 1.807) is 0 Å². The highest BCUT2D eigenvalue weighted by atomic mass is 79.9. The molecule has 4 N–H and O–H groups in total. The monoisotopic (exact) mass is 258 g/mol. The van der Waals surface area contributed by atoms with Crippen LogP contribution in [-0.2, 0) is 11.3 Å². The van der Waals surface area contributed by atoms with Crippen LogP contribution < -0.4 is 11.5 Å². The Morgan fingerprint density at radius 3 is 2.50 bits per heavy atom. The lowest BCUT2D eigenvalue weighted by atomic mass is 10.2. The van der Waals surface area contributed by atoms with E-state index in [9.17, 15) is 0 Å². The van der Waals surface area contributed by atoms with Gasteiger partial charge in [-0.2, -0.15) is 0 Å². The zero-order chi connectivity index (χ0) is 10.4. The number of halogens is 1. The molecule has 0 aliphatic carbocycles. The van der Waals surface area contributed by atoms with E-state index in [1.807, 2.05) is 24.3 Å². The van der Waals surface area contributed by atoms with Crippen LogP contribution in [0.25, 0.3) is 0 Å². The van der Waals surface area contributed by atoms with Gasteiger partial charge < -0.3 is 16.2 Å². The molecule has 4 heteroatoms. The van der Waals surface area contributed by atoms with E-state index in [4.69, 9.17) is 16.2 Å². The minimum Gasteiger partial charge on any atom is -0.375 e. The van der Waals surface area contributed by atoms with Gasteiger partial charge in [0.1, 0.15) is 0 Å².